The first-order valence-corrected chi connectivity index (χ1v) is 8.60. The molecule has 0 bridgehead atoms. The van der Waals surface area contributed by atoms with Gasteiger partial charge in [-0.15, -0.1) is 0 Å². The third-order valence-corrected chi connectivity index (χ3v) is 5.90. The van der Waals surface area contributed by atoms with E-state index in [-0.39, 0.29) is 0 Å². The minimum atomic E-state index is 0.316. The summed E-state index contributed by atoms with van der Waals surface area (Å²) in [5.74, 6) is 1.70. The van der Waals surface area contributed by atoms with Gasteiger partial charge in [-0.1, -0.05) is 46.5 Å². The van der Waals surface area contributed by atoms with Crippen molar-refractivity contribution in [2.45, 2.75) is 83.7 Å². The van der Waals surface area contributed by atoms with Gasteiger partial charge < -0.3 is 5.73 Å². The third kappa shape index (κ3) is 3.16. The number of hydrogen-bond acceptors (Lipinski definition) is 2. The van der Waals surface area contributed by atoms with Gasteiger partial charge in [0.25, 0.3) is 0 Å². The summed E-state index contributed by atoms with van der Waals surface area (Å²) in [4.78, 5) is 2.81. The van der Waals surface area contributed by atoms with E-state index in [1.165, 1.54) is 57.9 Å². The van der Waals surface area contributed by atoms with Crippen LogP contribution in [-0.2, 0) is 0 Å². The minimum absolute atomic E-state index is 0.316. The predicted molar refractivity (Wildman–Crippen MR) is 83.2 cm³/mol. The summed E-state index contributed by atoms with van der Waals surface area (Å²) in [5.41, 5.74) is 6.62. The van der Waals surface area contributed by atoms with Crippen LogP contribution in [-0.4, -0.2) is 29.6 Å². The highest BCUT2D eigenvalue weighted by atomic mass is 15.2. The van der Waals surface area contributed by atoms with Crippen molar-refractivity contribution >= 4 is 0 Å². The van der Waals surface area contributed by atoms with Crippen molar-refractivity contribution in [3.63, 3.8) is 0 Å². The van der Waals surface area contributed by atoms with Gasteiger partial charge >= 0.3 is 0 Å². The van der Waals surface area contributed by atoms with Crippen LogP contribution in [0.25, 0.3) is 0 Å². The zero-order chi connectivity index (χ0) is 13.9. The molecule has 2 unspecified atom stereocenters. The van der Waals surface area contributed by atoms with Crippen molar-refractivity contribution in [3.05, 3.63) is 0 Å². The summed E-state index contributed by atoms with van der Waals surface area (Å²) in [5, 5.41) is 0. The second kappa shape index (κ2) is 6.58. The zero-order valence-corrected chi connectivity index (χ0v) is 13.3. The molecular weight excluding hydrogens is 232 g/mol. The quantitative estimate of drug-likeness (QED) is 0.820. The van der Waals surface area contributed by atoms with Gasteiger partial charge in [0.15, 0.2) is 0 Å². The van der Waals surface area contributed by atoms with Crippen LogP contribution < -0.4 is 5.73 Å². The van der Waals surface area contributed by atoms with Gasteiger partial charge in [-0.2, -0.15) is 0 Å². The third-order valence-electron chi connectivity index (χ3n) is 5.90. The Morgan fingerprint density at radius 3 is 2.37 bits per heavy atom. The van der Waals surface area contributed by atoms with E-state index in [1.54, 1.807) is 0 Å². The molecule has 112 valence electrons. The molecule has 0 spiro atoms. The van der Waals surface area contributed by atoms with E-state index >= 15 is 0 Å². The fraction of sp³-hybridized carbons (Fsp3) is 1.00. The summed E-state index contributed by atoms with van der Waals surface area (Å²) in [6, 6.07) is 0.819. The number of nitrogens with two attached hydrogens (primary N) is 1. The lowest BCUT2D eigenvalue weighted by atomic mass is 9.70. The molecule has 2 nitrogen and oxygen atoms in total. The molecule has 2 N–H and O–H groups in total. The Balaban J connectivity index is 2.14. The molecule has 19 heavy (non-hydrogen) atoms. The van der Waals surface area contributed by atoms with E-state index < -0.39 is 0 Å². The molecule has 0 radical (unpaired) electrons. The summed E-state index contributed by atoms with van der Waals surface area (Å²) in [6.45, 7) is 9.17. The van der Waals surface area contributed by atoms with Gasteiger partial charge in [0.05, 0.1) is 0 Å². The van der Waals surface area contributed by atoms with Crippen LogP contribution in [0, 0.1) is 11.8 Å². The van der Waals surface area contributed by atoms with Crippen LogP contribution in [0.3, 0.4) is 0 Å². The molecule has 0 aromatic heterocycles. The van der Waals surface area contributed by atoms with Crippen molar-refractivity contribution in [2.24, 2.45) is 17.6 Å². The van der Waals surface area contributed by atoms with Gasteiger partial charge in [0, 0.05) is 18.1 Å². The Bertz CT molecular complexity index is 270. The van der Waals surface area contributed by atoms with Crippen molar-refractivity contribution < 1.29 is 0 Å². The lowest BCUT2D eigenvalue weighted by Gasteiger charge is -2.51. The molecule has 2 heteroatoms. The van der Waals surface area contributed by atoms with Gasteiger partial charge in [0.2, 0.25) is 0 Å². The van der Waals surface area contributed by atoms with E-state index in [2.05, 4.69) is 25.7 Å². The second-order valence-electron chi connectivity index (χ2n) is 7.25. The normalized spacial score (nSPS) is 33.5. The highest BCUT2D eigenvalue weighted by molar-refractivity contribution is 4.99. The van der Waals surface area contributed by atoms with Gasteiger partial charge in [-0.25, -0.2) is 0 Å². The van der Waals surface area contributed by atoms with Crippen LogP contribution in [0.2, 0.25) is 0 Å². The molecule has 0 heterocycles. The van der Waals surface area contributed by atoms with Gasteiger partial charge in [-0.05, 0) is 44.1 Å². The lowest BCUT2D eigenvalue weighted by Crippen LogP contribution is -2.59. The van der Waals surface area contributed by atoms with E-state index in [0.29, 0.717) is 5.54 Å². The average molecular weight is 266 g/mol. The Morgan fingerprint density at radius 2 is 1.84 bits per heavy atom. The molecule has 2 saturated carbocycles. The smallest absolute Gasteiger partial charge is 0.0337 e. The van der Waals surface area contributed by atoms with Crippen LogP contribution in [0.1, 0.15) is 72.1 Å². The van der Waals surface area contributed by atoms with Crippen molar-refractivity contribution in [1.29, 1.82) is 0 Å². The molecule has 0 aliphatic heterocycles. The molecule has 2 rings (SSSR count). The van der Waals surface area contributed by atoms with E-state index in [1.807, 2.05) is 0 Å². The largest absolute Gasteiger partial charge is 0.329 e. The van der Waals surface area contributed by atoms with E-state index in [9.17, 15) is 0 Å². The Hall–Kier alpha value is -0.0800. The standard InChI is InChI=1S/C17H34N2/c1-4-19(16-9-5-6-10-16)17(13-18)11-7-8-15(12-17)14(2)3/h14-16H,4-13,18H2,1-3H3. The molecule has 0 amide bonds. The fourth-order valence-electron chi connectivity index (χ4n) is 4.71. The highest BCUT2D eigenvalue weighted by Gasteiger charge is 2.43. The van der Waals surface area contributed by atoms with Crippen molar-refractivity contribution in [1.82, 2.24) is 4.90 Å². The molecule has 0 saturated heterocycles. The van der Waals surface area contributed by atoms with Crippen LogP contribution in [0.15, 0.2) is 0 Å². The van der Waals surface area contributed by atoms with Crippen molar-refractivity contribution in [2.75, 3.05) is 13.1 Å². The number of likely N-dealkylation sites (N-methyl/N-ethyl adjacent to an activating group) is 1. The Kier molecular flexibility index (Phi) is 5.30. The molecule has 2 aliphatic rings. The Labute approximate surface area is 120 Å². The van der Waals surface area contributed by atoms with E-state index in [4.69, 9.17) is 5.73 Å². The van der Waals surface area contributed by atoms with Crippen LogP contribution in [0.5, 0.6) is 0 Å². The summed E-state index contributed by atoms with van der Waals surface area (Å²) in [7, 11) is 0. The summed E-state index contributed by atoms with van der Waals surface area (Å²) < 4.78 is 0. The predicted octanol–water partition coefficient (Wildman–Crippen LogP) is 3.79. The molecule has 2 atom stereocenters. The SMILES string of the molecule is CCN(C1CCCC1)C1(CN)CCCC(C(C)C)C1. The minimum Gasteiger partial charge on any atom is -0.329 e. The van der Waals surface area contributed by atoms with Gasteiger partial charge in [0.1, 0.15) is 0 Å². The molecule has 2 aliphatic carbocycles. The molecule has 0 aromatic carbocycles. The first-order valence-electron chi connectivity index (χ1n) is 8.60. The van der Waals surface area contributed by atoms with Gasteiger partial charge in [-0.3, -0.25) is 4.90 Å². The monoisotopic (exact) mass is 266 g/mol. The fourth-order valence-corrected chi connectivity index (χ4v) is 4.71. The summed E-state index contributed by atoms with van der Waals surface area (Å²) >= 11 is 0. The maximum Gasteiger partial charge on any atom is 0.0337 e. The first kappa shape index (κ1) is 15.3. The number of nitrogens with zero attached hydrogens (tertiary/aromatic N) is 1. The second-order valence-corrected chi connectivity index (χ2v) is 7.25. The molecule has 0 aromatic rings. The number of hydrogen-bond donors (Lipinski definition) is 1. The van der Waals surface area contributed by atoms with Crippen LogP contribution in [0.4, 0.5) is 0 Å². The topological polar surface area (TPSA) is 29.3 Å². The number of rotatable bonds is 5. The molecule has 2 fully saturated rings. The lowest BCUT2D eigenvalue weighted by molar-refractivity contribution is -0.000513. The molecular formula is C17H34N2. The maximum atomic E-state index is 6.30. The maximum absolute atomic E-state index is 6.30. The average Bonchev–Trinajstić information content (AvgIpc) is 2.93. The van der Waals surface area contributed by atoms with Crippen molar-refractivity contribution in [3.8, 4) is 0 Å². The zero-order valence-electron chi connectivity index (χ0n) is 13.3. The summed E-state index contributed by atoms with van der Waals surface area (Å²) in [6.07, 6.45) is 11.1. The first-order chi connectivity index (χ1) is 9.13. The highest BCUT2D eigenvalue weighted by Crippen LogP contribution is 2.42. The van der Waals surface area contributed by atoms with E-state index in [0.717, 1.165) is 24.4 Å². The van der Waals surface area contributed by atoms with Crippen LogP contribution >= 0.6 is 0 Å². The Morgan fingerprint density at radius 1 is 1.16 bits per heavy atom.